The molecule has 2 aliphatic heterocycles. The molecule has 172 valence electrons. The molecule has 0 spiro atoms. The van der Waals surface area contributed by atoms with Gasteiger partial charge >= 0.3 is 5.97 Å². The van der Waals surface area contributed by atoms with Gasteiger partial charge in [0.05, 0.1) is 16.7 Å². The van der Waals surface area contributed by atoms with Crippen LogP contribution in [0.4, 0.5) is 8.78 Å². The molecule has 1 fully saturated rings. The standard InChI is InChI=1S/C21H21BrF2N4O2S.ClH/c1-2-30-21(29)14-17(11-5-7-25-8-6-11)27-19(20-26-9-10-31-20)28-18(14)12-3-4-13(23)16(24)15(12)22;/h3-4,9-11,18,25H,2,5-8H2,1H3,(H,27,28);1H. The van der Waals surface area contributed by atoms with Crippen LogP contribution in [0, 0.1) is 17.6 Å². The highest BCUT2D eigenvalue weighted by Gasteiger charge is 2.37. The molecule has 2 aliphatic rings. The smallest absolute Gasteiger partial charge is 0.338 e. The minimum atomic E-state index is -1.02. The van der Waals surface area contributed by atoms with Crippen LogP contribution >= 0.6 is 39.7 Å². The lowest BCUT2D eigenvalue weighted by atomic mass is 9.86. The number of hydrogen-bond acceptors (Lipinski definition) is 7. The lowest BCUT2D eigenvalue weighted by Crippen LogP contribution is -2.40. The van der Waals surface area contributed by atoms with Gasteiger partial charge in [-0.05, 0) is 60.4 Å². The summed E-state index contributed by atoms with van der Waals surface area (Å²) in [7, 11) is 0. The molecule has 3 heterocycles. The van der Waals surface area contributed by atoms with Crippen molar-refractivity contribution in [2.75, 3.05) is 19.7 Å². The summed E-state index contributed by atoms with van der Waals surface area (Å²) in [5.74, 6) is -1.95. The first-order valence-electron chi connectivity index (χ1n) is 10.0. The lowest BCUT2D eigenvalue weighted by Gasteiger charge is -2.33. The highest BCUT2D eigenvalue weighted by atomic mass is 79.9. The molecule has 1 aromatic carbocycles. The maximum atomic E-state index is 14.4. The number of halogens is 4. The average Bonchev–Trinajstić information content (AvgIpc) is 3.32. The van der Waals surface area contributed by atoms with Gasteiger partial charge in [0.1, 0.15) is 6.04 Å². The molecular weight excluding hydrogens is 526 g/mol. The van der Waals surface area contributed by atoms with Gasteiger partial charge in [0.2, 0.25) is 0 Å². The Kier molecular flexibility index (Phi) is 8.37. The van der Waals surface area contributed by atoms with Gasteiger partial charge in [-0.25, -0.2) is 18.6 Å². The number of carbonyl (C=O) groups is 1. The number of ether oxygens (including phenoxy) is 1. The number of benzene rings is 1. The minimum Gasteiger partial charge on any atom is -0.463 e. The summed E-state index contributed by atoms with van der Waals surface area (Å²) < 4.78 is 33.5. The predicted molar refractivity (Wildman–Crippen MR) is 125 cm³/mol. The van der Waals surface area contributed by atoms with Crippen LogP contribution in [0.3, 0.4) is 0 Å². The van der Waals surface area contributed by atoms with Crippen molar-refractivity contribution >= 4 is 51.5 Å². The summed E-state index contributed by atoms with van der Waals surface area (Å²) in [5, 5.41) is 9.13. The SMILES string of the molecule is CCOC(=O)C1=C(C2CCNCC2)NC(c2nccs2)=NC1c1ccc(F)c(F)c1Br.Cl. The Labute approximate surface area is 203 Å². The van der Waals surface area contributed by atoms with E-state index in [9.17, 15) is 13.6 Å². The first-order chi connectivity index (χ1) is 15.0. The molecule has 1 aromatic heterocycles. The van der Waals surface area contributed by atoms with Crippen molar-refractivity contribution in [3.63, 3.8) is 0 Å². The Morgan fingerprint density at radius 3 is 2.72 bits per heavy atom. The number of amidine groups is 1. The maximum absolute atomic E-state index is 14.4. The second-order valence-electron chi connectivity index (χ2n) is 7.18. The number of hydrogen-bond donors (Lipinski definition) is 2. The van der Waals surface area contributed by atoms with Crippen molar-refractivity contribution in [2.24, 2.45) is 10.9 Å². The van der Waals surface area contributed by atoms with Crippen molar-refractivity contribution in [2.45, 2.75) is 25.8 Å². The second kappa shape index (κ2) is 10.8. The van der Waals surface area contributed by atoms with Crippen molar-refractivity contribution in [1.29, 1.82) is 0 Å². The van der Waals surface area contributed by atoms with Crippen LogP contribution < -0.4 is 10.6 Å². The predicted octanol–water partition coefficient (Wildman–Crippen LogP) is 4.51. The summed E-state index contributed by atoms with van der Waals surface area (Å²) >= 11 is 4.57. The van der Waals surface area contributed by atoms with Gasteiger partial charge in [0, 0.05) is 23.2 Å². The normalized spacial score (nSPS) is 19.1. The molecular formula is C21H22BrClF2N4O2S. The molecule has 0 bridgehead atoms. The van der Waals surface area contributed by atoms with E-state index in [1.54, 1.807) is 13.1 Å². The Morgan fingerprint density at radius 2 is 2.06 bits per heavy atom. The number of aromatic nitrogens is 1. The van der Waals surface area contributed by atoms with Crippen LogP contribution in [0.5, 0.6) is 0 Å². The molecule has 2 N–H and O–H groups in total. The van der Waals surface area contributed by atoms with Crippen LogP contribution in [0.2, 0.25) is 0 Å². The lowest BCUT2D eigenvalue weighted by molar-refractivity contribution is -0.139. The summed E-state index contributed by atoms with van der Waals surface area (Å²) in [6.45, 7) is 3.55. The molecule has 0 radical (unpaired) electrons. The van der Waals surface area contributed by atoms with E-state index in [1.165, 1.54) is 17.4 Å². The highest BCUT2D eigenvalue weighted by molar-refractivity contribution is 9.10. The number of thiazole rings is 1. The van der Waals surface area contributed by atoms with E-state index in [4.69, 9.17) is 9.73 Å². The number of allylic oxidation sites excluding steroid dienone is 1. The van der Waals surface area contributed by atoms with Crippen molar-refractivity contribution in [1.82, 2.24) is 15.6 Å². The first-order valence-corrected chi connectivity index (χ1v) is 11.7. The molecule has 4 rings (SSSR count). The fourth-order valence-electron chi connectivity index (χ4n) is 3.86. The van der Waals surface area contributed by atoms with Crippen LogP contribution in [-0.2, 0) is 9.53 Å². The van der Waals surface area contributed by atoms with Crippen LogP contribution in [0.1, 0.15) is 36.4 Å². The molecule has 1 saturated heterocycles. The van der Waals surface area contributed by atoms with Crippen molar-refractivity contribution in [3.8, 4) is 0 Å². The van der Waals surface area contributed by atoms with Gasteiger partial charge in [0.15, 0.2) is 22.5 Å². The molecule has 32 heavy (non-hydrogen) atoms. The van der Waals surface area contributed by atoms with E-state index in [0.29, 0.717) is 27.7 Å². The Hall–Kier alpha value is -1.88. The topological polar surface area (TPSA) is 75.6 Å². The molecule has 2 aromatic rings. The van der Waals surface area contributed by atoms with Gasteiger partial charge in [-0.3, -0.25) is 4.99 Å². The van der Waals surface area contributed by atoms with E-state index in [1.807, 2.05) is 5.38 Å². The second-order valence-corrected chi connectivity index (χ2v) is 8.87. The van der Waals surface area contributed by atoms with Gasteiger partial charge in [-0.2, -0.15) is 0 Å². The average molecular weight is 548 g/mol. The Balaban J connectivity index is 0.00000289. The molecule has 1 atom stereocenters. The molecule has 0 saturated carbocycles. The molecule has 11 heteroatoms. The third-order valence-corrected chi connectivity index (χ3v) is 6.90. The number of esters is 1. The third-order valence-electron chi connectivity index (χ3n) is 5.31. The van der Waals surface area contributed by atoms with Crippen molar-refractivity contribution < 1.29 is 18.3 Å². The number of carbonyl (C=O) groups excluding carboxylic acids is 1. The first kappa shape index (κ1) is 24.8. The zero-order chi connectivity index (χ0) is 22.0. The van der Waals surface area contributed by atoms with Gasteiger partial charge in [0.25, 0.3) is 0 Å². The molecule has 1 unspecified atom stereocenters. The van der Waals surface area contributed by atoms with E-state index in [0.717, 1.165) is 32.0 Å². The molecule has 0 aliphatic carbocycles. The van der Waals surface area contributed by atoms with Crippen LogP contribution in [-0.4, -0.2) is 36.5 Å². The van der Waals surface area contributed by atoms with Crippen LogP contribution in [0.25, 0.3) is 0 Å². The highest BCUT2D eigenvalue weighted by Crippen LogP contribution is 2.40. The number of nitrogens with zero attached hydrogens (tertiary/aromatic N) is 2. The number of rotatable bonds is 5. The summed E-state index contributed by atoms with van der Waals surface area (Å²) in [6, 6.07) is 1.62. The molecule has 0 amide bonds. The summed E-state index contributed by atoms with van der Waals surface area (Å²) in [6.07, 6.45) is 3.31. The maximum Gasteiger partial charge on any atom is 0.338 e. The van der Waals surface area contributed by atoms with Gasteiger partial charge < -0.3 is 15.4 Å². The Bertz CT molecular complexity index is 1040. The quantitative estimate of drug-likeness (QED) is 0.426. The van der Waals surface area contributed by atoms with Crippen molar-refractivity contribution in [3.05, 3.63) is 61.7 Å². The fourth-order valence-corrected chi connectivity index (χ4v) is 4.98. The van der Waals surface area contributed by atoms with Gasteiger partial charge in [-0.15, -0.1) is 23.7 Å². The summed E-state index contributed by atoms with van der Waals surface area (Å²) in [4.78, 5) is 22.1. The van der Waals surface area contributed by atoms with E-state index < -0.39 is 23.6 Å². The third kappa shape index (κ3) is 4.88. The monoisotopic (exact) mass is 546 g/mol. The Morgan fingerprint density at radius 1 is 1.31 bits per heavy atom. The largest absolute Gasteiger partial charge is 0.463 e. The van der Waals surface area contributed by atoms with E-state index in [2.05, 4.69) is 31.5 Å². The molecule has 6 nitrogen and oxygen atoms in total. The van der Waals surface area contributed by atoms with Crippen LogP contribution in [0.15, 0.2) is 44.4 Å². The van der Waals surface area contributed by atoms with E-state index in [-0.39, 0.29) is 29.4 Å². The summed E-state index contributed by atoms with van der Waals surface area (Å²) in [5.41, 5.74) is 1.38. The zero-order valence-corrected chi connectivity index (χ0v) is 20.4. The fraction of sp³-hybridized carbons (Fsp3) is 0.381. The number of nitrogens with one attached hydrogen (secondary N) is 2. The zero-order valence-electron chi connectivity index (χ0n) is 17.2. The number of aliphatic imine (C=N–C) groups is 1. The number of piperidine rings is 1. The van der Waals surface area contributed by atoms with E-state index >= 15 is 0 Å². The van der Waals surface area contributed by atoms with Gasteiger partial charge in [-0.1, -0.05) is 6.07 Å². The minimum absolute atomic E-state index is 0.